The van der Waals surface area contributed by atoms with E-state index in [1.165, 1.54) is 18.3 Å². The van der Waals surface area contributed by atoms with Gasteiger partial charge < -0.3 is 20.1 Å². The van der Waals surface area contributed by atoms with E-state index in [1.807, 2.05) is 0 Å². The number of β-amino-alcohol motifs (C(OH)–C–C–N with tert-alkyl or cyclic N) is 1. The Labute approximate surface area is 194 Å². The molecule has 0 radical (unpaired) electrons. The van der Waals surface area contributed by atoms with Gasteiger partial charge in [-0.2, -0.15) is 28.1 Å². The number of nitrogens with one attached hydrogen (secondary N) is 1. The summed E-state index contributed by atoms with van der Waals surface area (Å²) in [4.78, 5) is 21.8. The summed E-state index contributed by atoms with van der Waals surface area (Å²) in [6.07, 6.45) is -2.94. The van der Waals surface area contributed by atoms with Gasteiger partial charge in [0.25, 0.3) is 0 Å². The number of aliphatic hydroxyl groups is 1. The summed E-state index contributed by atoms with van der Waals surface area (Å²) >= 11 is 0. The monoisotopic (exact) mass is 475 g/mol. The zero-order chi connectivity index (χ0) is 24.1. The highest BCUT2D eigenvalue weighted by Gasteiger charge is 2.30. The van der Waals surface area contributed by atoms with Gasteiger partial charge in [-0.25, -0.2) is 4.98 Å². The zero-order valence-corrected chi connectivity index (χ0v) is 18.5. The standard InChI is InChI=1S/C22H24F3N7O2/c1-15-27-20(30-21(28-15)32-10-8-31(9-11-32)12-13-33)29-19-7-6-18(14-26-19)34-17-4-2-16(3-5-17)22(23,24)25/h2-7,14,33H,8-13H2,1H3,(H,26,27,28,29,30). The van der Waals surface area contributed by atoms with Crippen LogP contribution in [0.3, 0.4) is 0 Å². The molecule has 0 saturated carbocycles. The van der Waals surface area contributed by atoms with E-state index in [0.29, 0.717) is 35.8 Å². The second-order valence-corrected chi connectivity index (χ2v) is 7.69. The van der Waals surface area contributed by atoms with E-state index >= 15 is 0 Å². The average molecular weight is 475 g/mol. The molecular weight excluding hydrogens is 451 g/mol. The van der Waals surface area contributed by atoms with E-state index < -0.39 is 11.7 Å². The summed E-state index contributed by atoms with van der Waals surface area (Å²) in [5.41, 5.74) is -0.739. The third-order valence-corrected chi connectivity index (χ3v) is 5.20. The van der Waals surface area contributed by atoms with Crippen LogP contribution in [0.2, 0.25) is 0 Å². The van der Waals surface area contributed by atoms with Gasteiger partial charge in [-0.05, 0) is 43.3 Å². The van der Waals surface area contributed by atoms with E-state index in [-0.39, 0.29) is 12.4 Å². The highest BCUT2D eigenvalue weighted by Crippen LogP contribution is 2.31. The molecule has 0 aliphatic carbocycles. The van der Waals surface area contributed by atoms with Crippen molar-refractivity contribution < 1.29 is 23.0 Å². The van der Waals surface area contributed by atoms with Crippen molar-refractivity contribution in [2.45, 2.75) is 13.1 Å². The van der Waals surface area contributed by atoms with Crippen LogP contribution in [0.1, 0.15) is 11.4 Å². The fourth-order valence-corrected chi connectivity index (χ4v) is 3.46. The Kier molecular flexibility index (Phi) is 7.08. The molecule has 1 aliphatic rings. The van der Waals surface area contributed by atoms with Crippen molar-refractivity contribution in [3.63, 3.8) is 0 Å². The molecule has 12 heteroatoms. The highest BCUT2D eigenvalue weighted by molar-refractivity contribution is 5.50. The maximum atomic E-state index is 12.7. The van der Waals surface area contributed by atoms with Gasteiger partial charge in [0.15, 0.2) is 0 Å². The van der Waals surface area contributed by atoms with Gasteiger partial charge in [0.1, 0.15) is 23.1 Å². The lowest BCUT2D eigenvalue weighted by Gasteiger charge is -2.34. The van der Waals surface area contributed by atoms with Crippen molar-refractivity contribution >= 4 is 17.7 Å². The van der Waals surface area contributed by atoms with Crippen molar-refractivity contribution in [1.82, 2.24) is 24.8 Å². The smallest absolute Gasteiger partial charge is 0.416 e. The average Bonchev–Trinajstić information content (AvgIpc) is 2.80. The summed E-state index contributed by atoms with van der Waals surface area (Å²) in [7, 11) is 0. The molecule has 2 N–H and O–H groups in total. The van der Waals surface area contributed by atoms with Crippen LogP contribution in [0.15, 0.2) is 42.6 Å². The van der Waals surface area contributed by atoms with Gasteiger partial charge in [0.05, 0.1) is 18.4 Å². The number of aliphatic hydroxyl groups excluding tert-OH is 1. The van der Waals surface area contributed by atoms with Crippen molar-refractivity contribution in [3.8, 4) is 11.5 Å². The van der Waals surface area contributed by atoms with Crippen LogP contribution in [-0.4, -0.2) is 69.3 Å². The van der Waals surface area contributed by atoms with Crippen LogP contribution < -0.4 is 15.0 Å². The van der Waals surface area contributed by atoms with Gasteiger partial charge >= 0.3 is 6.18 Å². The molecule has 9 nitrogen and oxygen atoms in total. The Bertz CT molecular complexity index is 1090. The van der Waals surface area contributed by atoms with Crippen molar-refractivity contribution in [1.29, 1.82) is 0 Å². The Morgan fingerprint density at radius 2 is 1.68 bits per heavy atom. The lowest BCUT2D eigenvalue weighted by atomic mass is 10.2. The fourth-order valence-electron chi connectivity index (χ4n) is 3.46. The Morgan fingerprint density at radius 3 is 2.29 bits per heavy atom. The minimum atomic E-state index is -4.39. The molecule has 1 aliphatic heterocycles. The number of anilines is 3. The molecule has 4 rings (SSSR count). The number of benzene rings is 1. The summed E-state index contributed by atoms with van der Waals surface area (Å²) < 4.78 is 43.6. The number of aryl methyl sites for hydroxylation is 1. The van der Waals surface area contributed by atoms with Crippen LogP contribution in [0.4, 0.5) is 30.9 Å². The molecule has 2 aromatic heterocycles. The maximum Gasteiger partial charge on any atom is 0.416 e. The highest BCUT2D eigenvalue weighted by atomic mass is 19.4. The van der Waals surface area contributed by atoms with Gasteiger partial charge in [0.2, 0.25) is 11.9 Å². The van der Waals surface area contributed by atoms with E-state index in [4.69, 9.17) is 9.84 Å². The first-order valence-corrected chi connectivity index (χ1v) is 10.7. The fraction of sp³-hybridized carbons (Fsp3) is 0.364. The van der Waals surface area contributed by atoms with Crippen molar-refractivity contribution in [2.75, 3.05) is 49.5 Å². The second kappa shape index (κ2) is 10.2. The molecule has 0 atom stereocenters. The molecule has 1 aromatic carbocycles. The van der Waals surface area contributed by atoms with Gasteiger partial charge in [-0.1, -0.05) is 0 Å². The molecule has 0 amide bonds. The number of pyridine rings is 1. The first kappa shape index (κ1) is 23.6. The quantitative estimate of drug-likeness (QED) is 0.533. The third-order valence-electron chi connectivity index (χ3n) is 5.20. The topological polar surface area (TPSA) is 99.5 Å². The number of rotatable bonds is 7. The van der Waals surface area contributed by atoms with Crippen LogP contribution in [0, 0.1) is 6.92 Å². The number of ether oxygens (including phenoxy) is 1. The van der Waals surface area contributed by atoms with Gasteiger partial charge in [-0.3, -0.25) is 4.90 Å². The molecule has 180 valence electrons. The molecular formula is C22H24F3N7O2. The Hall–Kier alpha value is -3.51. The molecule has 3 aromatic rings. The normalized spacial score (nSPS) is 14.8. The molecule has 3 heterocycles. The first-order chi connectivity index (χ1) is 16.3. The predicted molar refractivity (Wildman–Crippen MR) is 119 cm³/mol. The van der Waals surface area contributed by atoms with Crippen molar-refractivity contribution in [2.24, 2.45) is 0 Å². The molecule has 0 bridgehead atoms. The van der Waals surface area contributed by atoms with Gasteiger partial charge in [0, 0.05) is 32.7 Å². The number of nitrogens with zero attached hydrogens (tertiary/aromatic N) is 6. The molecule has 1 fully saturated rings. The maximum absolute atomic E-state index is 12.7. The van der Waals surface area contributed by atoms with Crippen LogP contribution in [0.25, 0.3) is 0 Å². The van der Waals surface area contributed by atoms with Crippen LogP contribution in [0.5, 0.6) is 11.5 Å². The second-order valence-electron chi connectivity index (χ2n) is 7.69. The number of hydrogen-bond donors (Lipinski definition) is 2. The van der Waals surface area contributed by atoms with Crippen molar-refractivity contribution in [3.05, 3.63) is 54.0 Å². The van der Waals surface area contributed by atoms with E-state index in [0.717, 1.165) is 38.3 Å². The summed E-state index contributed by atoms with van der Waals surface area (Å²) in [5.74, 6) is 2.60. The molecule has 0 spiro atoms. The summed E-state index contributed by atoms with van der Waals surface area (Å²) in [5, 5.41) is 12.1. The minimum absolute atomic E-state index is 0.139. The SMILES string of the molecule is Cc1nc(Nc2ccc(Oc3ccc(C(F)(F)F)cc3)cn2)nc(N2CCN(CCO)CC2)n1. The Balaban J connectivity index is 1.38. The predicted octanol–water partition coefficient (Wildman–Crippen LogP) is 3.24. The number of alkyl halides is 3. The number of halogens is 3. The van der Waals surface area contributed by atoms with E-state index in [2.05, 4.69) is 35.1 Å². The van der Waals surface area contributed by atoms with Crippen LogP contribution >= 0.6 is 0 Å². The summed E-state index contributed by atoms with van der Waals surface area (Å²) in [6, 6.07) is 7.74. The largest absolute Gasteiger partial charge is 0.456 e. The lowest BCUT2D eigenvalue weighted by Crippen LogP contribution is -2.47. The van der Waals surface area contributed by atoms with Gasteiger partial charge in [-0.15, -0.1) is 0 Å². The summed E-state index contributed by atoms with van der Waals surface area (Å²) in [6.45, 7) is 5.70. The lowest BCUT2D eigenvalue weighted by molar-refractivity contribution is -0.137. The number of aromatic nitrogens is 4. The van der Waals surface area contributed by atoms with Crippen LogP contribution in [-0.2, 0) is 6.18 Å². The van der Waals surface area contributed by atoms with E-state index in [1.54, 1.807) is 19.1 Å². The first-order valence-electron chi connectivity index (χ1n) is 10.7. The molecule has 1 saturated heterocycles. The van der Waals surface area contributed by atoms with E-state index in [9.17, 15) is 13.2 Å². The molecule has 34 heavy (non-hydrogen) atoms. The third kappa shape index (κ3) is 6.08. The number of piperazine rings is 1. The zero-order valence-electron chi connectivity index (χ0n) is 18.5. The minimum Gasteiger partial charge on any atom is -0.456 e. The number of hydrogen-bond acceptors (Lipinski definition) is 9. The molecule has 0 unspecified atom stereocenters. The Morgan fingerprint density at radius 1 is 0.971 bits per heavy atom.